The van der Waals surface area contributed by atoms with Crippen LogP contribution in [0.3, 0.4) is 0 Å². The predicted molar refractivity (Wildman–Crippen MR) is 66.1 cm³/mol. The Labute approximate surface area is 103 Å². The standard InChI is InChI=1S/C12H22N4O/c1-12(2,8-13)9-15-11(17)7-16-5-3-10(14)4-6-16/h10H,3-7,9,14H2,1-2H3,(H,15,17). The van der Waals surface area contributed by atoms with Crippen LogP contribution in [0.25, 0.3) is 0 Å². The molecular formula is C12H22N4O. The van der Waals surface area contributed by atoms with Crippen molar-refractivity contribution in [2.75, 3.05) is 26.2 Å². The lowest BCUT2D eigenvalue weighted by Crippen LogP contribution is -2.45. The monoisotopic (exact) mass is 238 g/mol. The van der Waals surface area contributed by atoms with E-state index in [1.165, 1.54) is 0 Å². The van der Waals surface area contributed by atoms with Crippen LogP contribution in [0.15, 0.2) is 0 Å². The summed E-state index contributed by atoms with van der Waals surface area (Å²) in [5.41, 5.74) is 5.30. The van der Waals surface area contributed by atoms with Gasteiger partial charge < -0.3 is 11.1 Å². The third-order valence-electron chi connectivity index (χ3n) is 3.03. The molecule has 1 aliphatic heterocycles. The first-order chi connectivity index (χ1) is 7.93. The van der Waals surface area contributed by atoms with Crippen molar-refractivity contribution in [1.82, 2.24) is 10.2 Å². The normalized spacial score (nSPS) is 18.7. The van der Waals surface area contributed by atoms with E-state index in [4.69, 9.17) is 11.0 Å². The molecule has 1 fully saturated rings. The third-order valence-corrected chi connectivity index (χ3v) is 3.03. The minimum absolute atomic E-state index is 0.0104. The Morgan fingerprint density at radius 3 is 2.65 bits per heavy atom. The van der Waals surface area contributed by atoms with Gasteiger partial charge in [-0.05, 0) is 26.7 Å². The molecule has 1 saturated heterocycles. The van der Waals surface area contributed by atoms with Gasteiger partial charge in [-0.1, -0.05) is 0 Å². The average Bonchev–Trinajstić information content (AvgIpc) is 2.30. The smallest absolute Gasteiger partial charge is 0.234 e. The van der Waals surface area contributed by atoms with Gasteiger partial charge in [0.25, 0.3) is 0 Å². The van der Waals surface area contributed by atoms with E-state index in [-0.39, 0.29) is 11.9 Å². The van der Waals surface area contributed by atoms with Crippen molar-refractivity contribution in [3.05, 3.63) is 0 Å². The fourth-order valence-electron chi connectivity index (χ4n) is 1.73. The maximum Gasteiger partial charge on any atom is 0.234 e. The van der Waals surface area contributed by atoms with Crippen molar-refractivity contribution in [1.29, 1.82) is 5.26 Å². The molecule has 17 heavy (non-hydrogen) atoms. The highest BCUT2D eigenvalue weighted by molar-refractivity contribution is 5.78. The molecule has 5 heteroatoms. The minimum atomic E-state index is -0.500. The fourth-order valence-corrected chi connectivity index (χ4v) is 1.73. The highest BCUT2D eigenvalue weighted by Crippen LogP contribution is 2.11. The van der Waals surface area contributed by atoms with Gasteiger partial charge in [-0.3, -0.25) is 9.69 Å². The van der Waals surface area contributed by atoms with Crippen LogP contribution >= 0.6 is 0 Å². The molecule has 0 atom stereocenters. The highest BCUT2D eigenvalue weighted by Gasteiger charge is 2.20. The molecule has 0 aromatic carbocycles. The molecule has 96 valence electrons. The summed E-state index contributed by atoms with van der Waals surface area (Å²) in [7, 11) is 0. The summed E-state index contributed by atoms with van der Waals surface area (Å²) in [6.07, 6.45) is 1.91. The van der Waals surface area contributed by atoms with Crippen LogP contribution in [-0.4, -0.2) is 43.0 Å². The van der Waals surface area contributed by atoms with Crippen LogP contribution in [0.4, 0.5) is 0 Å². The summed E-state index contributed by atoms with van der Waals surface area (Å²) in [5.74, 6) is -0.0104. The van der Waals surface area contributed by atoms with E-state index in [1.54, 1.807) is 0 Å². The first kappa shape index (κ1) is 13.9. The second kappa shape index (κ2) is 5.99. The van der Waals surface area contributed by atoms with Crippen molar-refractivity contribution in [3.8, 4) is 6.07 Å². The van der Waals surface area contributed by atoms with Crippen LogP contribution in [0.2, 0.25) is 0 Å². The van der Waals surface area contributed by atoms with E-state index in [9.17, 15) is 4.79 Å². The van der Waals surface area contributed by atoms with Crippen molar-refractivity contribution < 1.29 is 4.79 Å². The van der Waals surface area contributed by atoms with Gasteiger partial charge in [0.1, 0.15) is 0 Å². The Morgan fingerprint density at radius 1 is 1.53 bits per heavy atom. The summed E-state index contributed by atoms with van der Waals surface area (Å²) in [5, 5.41) is 11.6. The van der Waals surface area contributed by atoms with Crippen LogP contribution < -0.4 is 11.1 Å². The Kier molecular flexibility index (Phi) is 4.91. The highest BCUT2D eigenvalue weighted by atomic mass is 16.2. The molecule has 1 rings (SSSR count). The second-order valence-corrected chi connectivity index (χ2v) is 5.39. The number of nitrogens with one attached hydrogen (secondary N) is 1. The van der Waals surface area contributed by atoms with Crippen molar-refractivity contribution in [2.45, 2.75) is 32.7 Å². The van der Waals surface area contributed by atoms with Gasteiger partial charge in [0.05, 0.1) is 18.0 Å². The number of nitriles is 1. The number of rotatable bonds is 4. The number of nitrogens with zero attached hydrogens (tertiary/aromatic N) is 2. The fraction of sp³-hybridized carbons (Fsp3) is 0.833. The summed E-state index contributed by atoms with van der Waals surface area (Å²) in [4.78, 5) is 13.8. The first-order valence-electron chi connectivity index (χ1n) is 6.09. The third kappa shape index (κ3) is 5.16. The second-order valence-electron chi connectivity index (χ2n) is 5.39. The number of piperidine rings is 1. The number of nitrogens with two attached hydrogens (primary N) is 1. The van der Waals surface area contributed by atoms with Crippen LogP contribution in [-0.2, 0) is 4.79 Å². The van der Waals surface area contributed by atoms with Crippen molar-refractivity contribution in [3.63, 3.8) is 0 Å². The quantitative estimate of drug-likeness (QED) is 0.726. The molecular weight excluding hydrogens is 216 g/mol. The minimum Gasteiger partial charge on any atom is -0.353 e. The molecule has 3 N–H and O–H groups in total. The summed E-state index contributed by atoms with van der Waals surface area (Å²) in [6.45, 7) is 6.21. The van der Waals surface area contributed by atoms with E-state index < -0.39 is 5.41 Å². The predicted octanol–water partition coefficient (Wildman–Crippen LogP) is 0.0755. The van der Waals surface area contributed by atoms with Gasteiger partial charge in [-0.25, -0.2) is 0 Å². The summed E-state index contributed by atoms with van der Waals surface area (Å²) >= 11 is 0. The summed E-state index contributed by atoms with van der Waals surface area (Å²) < 4.78 is 0. The van der Waals surface area contributed by atoms with E-state index in [0.717, 1.165) is 25.9 Å². The average molecular weight is 238 g/mol. The number of hydrogen-bond donors (Lipinski definition) is 2. The Bertz CT molecular complexity index is 300. The zero-order chi connectivity index (χ0) is 12.9. The first-order valence-corrected chi connectivity index (χ1v) is 6.09. The molecule has 0 aromatic rings. The van der Waals surface area contributed by atoms with Gasteiger partial charge in [0.15, 0.2) is 0 Å². The molecule has 1 heterocycles. The maximum atomic E-state index is 11.7. The van der Waals surface area contributed by atoms with Gasteiger partial charge in [0, 0.05) is 25.7 Å². The topological polar surface area (TPSA) is 82.2 Å². The molecule has 0 radical (unpaired) electrons. The van der Waals surface area contributed by atoms with Crippen molar-refractivity contribution >= 4 is 5.91 Å². The number of likely N-dealkylation sites (tertiary alicyclic amines) is 1. The largest absolute Gasteiger partial charge is 0.353 e. The number of carbonyl (C=O) groups is 1. The van der Waals surface area contributed by atoms with E-state index >= 15 is 0 Å². The van der Waals surface area contributed by atoms with Gasteiger partial charge in [-0.2, -0.15) is 5.26 Å². The lowest BCUT2D eigenvalue weighted by Gasteiger charge is -2.29. The Hall–Kier alpha value is -1.12. The number of carbonyl (C=O) groups excluding carboxylic acids is 1. The summed E-state index contributed by atoms with van der Waals surface area (Å²) in [6, 6.07) is 2.45. The van der Waals surface area contributed by atoms with Gasteiger partial charge in [0.2, 0.25) is 5.91 Å². The Balaban J connectivity index is 2.24. The molecule has 1 amide bonds. The Morgan fingerprint density at radius 2 is 2.12 bits per heavy atom. The lowest BCUT2D eigenvalue weighted by molar-refractivity contribution is -0.122. The van der Waals surface area contributed by atoms with Crippen molar-refractivity contribution in [2.24, 2.45) is 11.1 Å². The van der Waals surface area contributed by atoms with E-state index in [1.807, 2.05) is 13.8 Å². The zero-order valence-electron chi connectivity index (χ0n) is 10.7. The maximum absolute atomic E-state index is 11.7. The molecule has 0 bridgehead atoms. The molecule has 0 saturated carbocycles. The SMILES string of the molecule is CC(C)(C#N)CNC(=O)CN1CCC(N)CC1. The van der Waals surface area contributed by atoms with Crippen LogP contribution in [0, 0.1) is 16.7 Å². The molecule has 0 unspecified atom stereocenters. The molecule has 0 aromatic heterocycles. The zero-order valence-corrected chi connectivity index (χ0v) is 10.7. The lowest BCUT2D eigenvalue weighted by atomic mass is 9.96. The number of hydrogen-bond acceptors (Lipinski definition) is 4. The van der Waals surface area contributed by atoms with Crippen LogP contribution in [0.5, 0.6) is 0 Å². The van der Waals surface area contributed by atoms with E-state index in [2.05, 4.69) is 16.3 Å². The van der Waals surface area contributed by atoms with Crippen LogP contribution in [0.1, 0.15) is 26.7 Å². The van der Waals surface area contributed by atoms with Gasteiger partial charge in [-0.15, -0.1) is 0 Å². The number of amides is 1. The molecule has 1 aliphatic rings. The van der Waals surface area contributed by atoms with Gasteiger partial charge >= 0.3 is 0 Å². The molecule has 0 spiro atoms. The van der Waals surface area contributed by atoms with E-state index in [0.29, 0.717) is 13.1 Å². The molecule has 0 aliphatic carbocycles. The molecule has 5 nitrogen and oxygen atoms in total.